The lowest BCUT2D eigenvalue weighted by Gasteiger charge is -2.49. The van der Waals surface area contributed by atoms with Crippen molar-refractivity contribution in [2.45, 2.75) is 11.4 Å². The second-order valence-electron chi connectivity index (χ2n) is 5.92. The molecule has 1 aromatic heterocycles. The van der Waals surface area contributed by atoms with Gasteiger partial charge in [0.15, 0.2) is 10.8 Å². The van der Waals surface area contributed by atoms with Crippen LogP contribution in [0.2, 0.25) is 4.34 Å². The molecule has 3 rings (SSSR count). The summed E-state index contributed by atoms with van der Waals surface area (Å²) < 4.78 is 0.0136. The Bertz CT molecular complexity index is 1030. The monoisotopic (exact) mass is 507 g/mol. The number of anilines is 1. The van der Waals surface area contributed by atoms with Crippen LogP contribution in [0.15, 0.2) is 15.8 Å². The Kier molecular flexibility index (Phi) is 6.98. The number of rotatable bonds is 8. The normalized spacial score (nSPS) is 20.8. The fraction of sp³-hybridized carbons (Fsp3) is 0.333. The number of β-lactam (4-membered cyclic amide) rings is 1. The number of aromatic nitrogens is 1. The van der Waals surface area contributed by atoms with Gasteiger partial charge in [-0.3, -0.25) is 14.5 Å². The molecule has 0 radical (unpaired) electrons. The minimum Gasteiger partial charge on any atom is -0.479 e. The van der Waals surface area contributed by atoms with E-state index in [0.29, 0.717) is 10.7 Å². The summed E-state index contributed by atoms with van der Waals surface area (Å²) in [6.45, 7) is -0.827. The summed E-state index contributed by atoms with van der Waals surface area (Å²) >= 11 is 9.42. The Morgan fingerprint density at radius 2 is 2.16 bits per heavy atom. The molecule has 0 bridgehead atoms. The third-order valence-corrected chi connectivity index (χ3v) is 7.43. The highest BCUT2D eigenvalue weighted by atomic mass is 35.5. The van der Waals surface area contributed by atoms with Gasteiger partial charge in [0.2, 0.25) is 6.61 Å². The van der Waals surface area contributed by atoms with Crippen molar-refractivity contribution in [3.8, 4) is 0 Å². The Morgan fingerprint density at radius 3 is 2.71 bits per heavy atom. The van der Waals surface area contributed by atoms with Gasteiger partial charge in [-0.05, 0) is 6.26 Å². The van der Waals surface area contributed by atoms with Crippen molar-refractivity contribution in [3.63, 3.8) is 0 Å². The van der Waals surface area contributed by atoms with Crippen LogP contribution in [0.25, 0.3) is 0 Å². The van der Waals surface area contributed by atoms with Crippen LogP contribution in [0.5, 0.6) is 0 Å². The van der Waals surface area contributed by atoms with Crippen LogP contribution in [0, 0.1) is 0 Å². The highest BCUT2D eigenvalue weighted by Crippen LogP contribution is 2.42. The molecular formula is C15H14ClN5O7S3. The maximum Gasteiger partial charge on any atom is 0.353 e. The first-order valence-corrected chi connectivity index (χ1v) is 11.7. The van der Waals surface area contributed by atoms with Crippen molar-refractivity contribution in [2.24, 2.45) is 5.16 Å². The van der Waals surface area contributed by atoms with Crippen molar-refractivity contribution in [1.29, 1.82) is 0 Å². The van der Waals surface area contributed by atoms with Crippen LogP contribution in [0.4, 0.5) is 5.13 Å². The number of carboxylic acids is 2. The molecule has 1 saturated heterocycles. The summed E-state index contributed by atoms with van der Waals surface area (Å²) in [5, 5.41) is 23.6. The molecule has 1 unspecified atom stereocenters. The number of carbonyl (C=O) groups is 4. The number of carbonyl (C=O) groups excluding carboxylic acids is 2. The summed E-state index contributed by atoms with van der Waals surface area (Å²) in [6, 6.07) is -1.03. The molecular weight excluding hydrogens is 494 g/mol. The van der Waals surface area contributed by atoms with Crippen molar-refractivity contribution in [1.82, 2.24) is 15.2 Å². The summed E-state index contributed by atoms with van der Waals surface area (Å²) in [4.78, 5) is 57.9. The molecule has 0 aromatic carbocycles. The minimum absolute atomic E-state index is 0.0136. The molecule has 2 amide bonds. The van der Waals surface area contributed by atoms with E-state index < -0.39 is 47.5 Å². The smallest absolute Gasteiger partial charge is 0.353 e. The van der Waals surface area contributed by atoms with Gasteiger partial charge in [-0.1, -0.05) is 28.1 Å². The molecule has 2 aliphatic rings. The summed E-state index contributed by atoms with van der Waals surface area (Å²) in [6.07, 6.45) is 1.71. The predicted octanol–water partition coefficient (Wildman–Crippen LogP) is 0.243. The van der Waals surface area contributed by atoms with E-state index in [1.54, 1.807) is 6.26 Å². The van der Waals surface area contributed by atoms with Crippen LogP contribution >= 0.6 is 46.5 Å². The number of thiazole rings is 1. The average Bonchev–Trinajstić information content (AvgIpc) is 3.05. The number of nitrogens with two attached hydrogens (primary N) is 1. The molecule has 1 aromatic rings. The van der Waals surface area contributed by atoms with Gasteiger partial charge in [0, 0.05) is 10.7 Å². The van der Waals surface area contributed by atoms with E-state index in [4.69, 9.17) is 22.4 Å². The Hall–Kier alpha value is -2.49. The van der Waals surface area contributed by atoms with Crippen LogP contribution < -0.4 is 11.1 Å². The van der Waals surface area contributed by atoms with E-state index in [-0.39, 0.29) is 20.9 Å². The molecule has 12 nitrogen and oxygen atoms in total. The fourth-order valence-electron chi connectivity index (χ4n) is 2.76. The second-order valence-corrected chi connectivity index (χ2v) is 9.56. The molecule has 2 atom stereocenters. The van der Waals surface area contributed by atoms with Crippen molar-refractivity contribution in [3.05, 3.63) is 20.6 Å². The lowest BCUT2D eigenvalue weighted by atomic mass is 10.0. The van der Waals surface area contributed by atoms with E-state index in [2.05, 4.69) is 20.3 Å². The first kappa shape index (κ1) is 23.2. The fourth-order valence-corrected chi connectivity index (χ4v) is 5.94. The summed E-state index contributed by atoms with van der Waals surface area (Å²) in [5.74, 6) is -3.71. The molecule has 0 saturated carbocycles. The Morgan fingerprint density at radius 1 is 1.45 bits per heavy atom. The quantitative estimate of drug-likeness (QED) is 0.214. The SMILES string of the molecule is CSC1=C(C(=O)O)N2C(=O)C(NC(=O)/C(=N/OCC(=O)O)c3nc(N)sc3Cl)[C@H]2SC1. The van der Waals surface area contributed by atoms with Gasteiger partial charge >= 0.3 is 11.9 Å². The van der Waals surface area contributed by atoms with Gasteiger partial charge in [-0.15, -0.1) is 23.5 Å². The molecule has 2 aliphatic heterocycles. The Balaban J connectivity index is 1.82. The van der Waals surface area contributed by atoms with Gasteiger partial charge in [0.05, 0.1) is 0 Å². The molecule has 16 heteroatoms. The number of nitrogens with zero attached hydrogens (tertiary/aromatic N) is 3. The molecule has 0 aliphatic carbocycles. The first-order chi connectivity index (χ1) is 14.6. The van der Waals surface area contributed by atoms with E-state index in [9.17, 15) is 24.3 Å². The number of carboxylic acid groups (broad SMARTS) is 2. The largest absolute Gasteiger partial charge is 0.479 e. The molecule has 166 valence electrons. The average molecular weight is 508 g/mol. The lowest BCUT2D eigenvalue weighted by molar-refractivity contribution is -0.150. The van der Waals surface area contributed by atoms with E-state index in [1.165, 1.54) is 23.5 Å². The second kappa shape index (κ2) is 9.33. The molecule has 3 heterocycles. The number of oxime groups is 1. The maximum atomic E-state index is 12.8. The van der Waals surface area contributed by atoms with Gasteiger partial charge in [-0.2, -0.15) is 0 Å². The highest BCUT2D eigenvalue weighted by molar-refractivity contribution is 8.05. The van der Waals surface area contributed by atoms with Crippen LogP contribution in [-0.2, 0) is 24.0 Å². The third-order valence-electron chi connectivity index (χ3n) is 4.05. The van der Waals surface area contributed by atoms with E-state index >= 15 is 0 Å². The van der Waals surface area contributed by atoms with Crippen LogP contribution in [0.1, 0.15) is 5.69 Å². The summed E-state index contributed by atoms with van der Waals surface area (Å²) in [7, 11) is 0. The highest BCUT2D eigenvalue weighted by Gasteiger charge is 2.54. The molecule has 31 heavy (non-hydrogen) atoms. The van der Waals surface area contributed by atoms with Crippen LogP contribution in [-0.4, -0.2) is 79.6 Å². The van der Waals surface area contributed by atoms with E-state index in [0.717, 1.165) is 16.2 Å². The van der Waals surface area contributed by atoms with Crippen molar-refractivity contribution in [2.75, 3.05) is 24.3 Å². The number of halogens is 1. The minimum atomic E-state index is -1.33. The van der Waals surface area contributed by atoms with Gasteiger partial charge in [0.25, 0.3) is 11.8 Å². The number of nitrogen functional groups attached to an aromatic ring is 1. The Labute approximate surface area is 191 Å². The molecule has 5 N–H and O–H groups in total. The standard InChI is InChI=1S/C15H14ClN5O7S3/c1-29-4-3-30-13-8(12(25)21(13)9(4)14(26)27)18-11(24)7(20-28-2-5(22)23)6-10(16)31-15(17)19-6/h8,13H,2-3H2,1H3,(H2,17,19)(H,18,24)(H,22,23)(H,26,27)/b20-7+/t8?,13-/m1/s1. The van der Waals surface area contributed by atoms with Crippen LogP contribution in [0.3, 0.4) is 0 Å². The lowest BCUT2D eigenvalue weighted by Crippen LogP contribution is -2.71. The zero-order valence-corrected chi connectivity index (χ0v) is 18.7. The number of aliphatic carboxylic acids is 2. The zero-order chi connectivity index (χ0) is 22.9. The maximum absolute atomic E-state index is 12.8. The predicted molar refractivity (Wildman–Crippen MR) is 115 cm³/mol. The van der Waals surface area contributed by atoms with Gasteiger partial charge in [-0.25, -0.2) is 14.6 Å². The summed E-state index contributed by atoms with van der Waals surface area (Å²) in [5.41, 5.74) is 4.87. The van der Waals surface area contributed by atoms with Gasteiger partial charge < -0.3 is 26.1 Å². The molecule has 1 fully saturated rings. The topological polar surface area (TPSA) is 185 Å². The number of thioether (sulfide) groups is 2. The van der Waals surface area contributed by atoms with Gasteiger partial charge in [0.1, 0.15) is 27.1 Å². The first-order valence-electron chi connectivity index (χ1n) is 8.25. The zero-order valence-electron chi connectivity index (χ0n) is 15.5. The molecule has 0 spiro atoms. The third kappa shape index (κ3) is 4.58. The van der Waals surface area contributed by atoms with E-state index in [1.807, 2.05) is 0 Å². The number of hydrogen-bond acceptors (Lipinski definition) is 11. The van der Waals surface area contributed by atoms with Crippen molar-refractivity contribution < 1.29 is 34.2 Å². The number of hydrogen-bond donors (Lipinski definition) is 4. The number of nitrogens with one attached hydrogen (secondary N) is 1. The number of amides is 2. The van der Waals surface area contributed by atoms with Crippen molar-refractivity contribution >= 4 is 81.1 Å². The number of fused-ring (bicyclic) bond motifs is 1.